The fourth-order valence-corrected chi connectivity index (χ4v) is 1.00. The van der Waals surface area contributed by atoms with Crippen molar-refractivity contribution in [3.05, 3.63) is 34.9 Å². The summed E-state index contributed by atoms with van der Waals surface area (Å²) in [6.07, 6.45) is 0. The minimum atomic E-state index is -0.541. The van der Waals surface area contributed by atoms with Gasteiger partial charge in [0.25, 0.3) is 0 Å². The Kier molecular flexibility index (Phi) is 3.28. The lowest BCUT2D eigenvalue weighted by Crippen LogP contribution is -2.07. The third kappa shape index (κ3) is 2.44. The molecule has 68 valence electrons. The van der Waals surface area contributed by atoms with E-state index in [1.807, 2.05) is 0 Å². The maximum Gasteiger partial charge on any atom is 0.226 e. The second-order valence-corrected chi connectivity index (χ2v) is 3.02. The fourth-order valence-electron chi connectivity index (χ4n) is 0.766. The lowest BCUT2D eigenvalue weighted by atomic mass is 10.1. The fraction of sp³-hybridized carbons (Fsp3) is 0. The molecule has 0 radical (unpaired) electrons. The van der Waals surface area contributed by atoms with Crippen LogP contribution >= 0.6 is 23.2 Å². The second-order valence-electron chi connectivity index (χ2n) is 2.23. The zero-order valence-corrected chi connectivity index (χ0v) is 7.88. The number of halogens is 2. The van der Waals surface area contributed by atoms with E-state index in [1.54, 1.807) is 12.1 Å². The van der Waals surface area contributed by atoms with Crippen LogP contribution in [0.4, 0.5) is 0 Å². The van der Waals surface area contributed by atoms with Gasteiger partial charge in [0.15, 0.2) is 0 Å². The van der Waals surface area contributed by atoms with Gasteiger partial charge in [0, 0.05) is 10.6 Å². The maximum absolute atomic E-state index is 11.2. The third-order valence-electron chi connectivity index (χ3n) is 1.38. The van der Waals surface area contributed by atoms with Crippen LogP contribution in [-0.2, 0) is 0 Å². The number of carbonyl (C=O) groups excluding carboxylic acids is 1. The topological polar surface area (TPSA) is 49.7 Å². The van der Waals surface area contributed by atoms with E-state index in [1.165, 1.54) is 12.1 Å². The number of rotatable bonds is 2. The molecular formula is C8H5Cl2NO2. The van der Waals surface area contributed by atoms with Gasteiger partial charge < -0.3 is 5.21 Å². The molecule has 0 aliphatic carbocycles. The molecule has 0 amide bonds. The predicted octanol–water partition coefficient (Wildman–Crippen LogP) is 2.55. The van der Waals surface area contributed by atoms with Crippen molar-refractivity contribution < 1.29 is 10.0 Å². The van der Waals surface area contributed by atoms with E-state index in [2.05, 4.69) is 5.16 Å². The molecule has 0 unspecified atom stereocenters. The average molecular weight is 218 g/mol. The number of carbonyl (C=O) groups is 1. The highest BCUT2D eigenvalue weighted by Gasteiger charge is 2.11. The number of hydrogen-bond donors (Lipinski definition) is 1. The Morgan fingerprint density at radius 2 is 1.85 bits per heavy atom. The molecule has 5 heteroatoms. The summed E-state index contributed by atoms with van der Waals surface area (Å²) >= 11 is 10.9. The van der Waals surface area contributed by atoms with E-state index < -0.39 is 11.0 Å². The number of oxime groups is 1. The van der Waals surface area contributed by atoms with E-state index in [0.29, 0.717) is 10.6 Å². The lowest BCUT2D eigenvalue weighted by molar-refractivity contribution is 0.106. The first-order valence-electron chi connectivity index (χ1n) is 3.33. The molecule has 0 saturated carbocycles. The summed E-state index contributed by atoms with van der Waals surface area (Å²) in [4.78, 5) is 11.2. The Morgan fingerprint density at radius 3 is 2.31 bits per heavy atom. The highest BCUT2D eigenvalue weighted by Crippen LogP contribution is 2.11. The van der Waals surface area contributed by atoms with Crippen molar-refractivity contribution in [3.63, 3.8) is 0 Å². The lowest BCUT2D eigenvalue weighted by Gasteiger charge is -1.96. The van der Waals surface area contributed by atoms with E-state index in [-0.39, 0.29) is 0 Å². The monoisotopic (exact) mass is 217 g/mol. The summed E-state index contributed by atoms with van der Waals surface area (Å²) in [6, 6.07) is 6.10. The van der Waals surface area contributed by atoms with E-state index >= 15 is 0 Å². The molecule has 0 bridgehead atoms. The average Bonchev–Trinajstić information content (AvgIpc) is 2.17. The van der Waals surface area contributed by atoms with Gasteiger partial charge in [-0.05, 0) is 24.3 Å². The van der Waals surface area contributed by atoms with Crippen molar-refractivity contribution in [2.45, 2.75) is 0 Å². The molecule has 0 aliphatic rings. The zero-order valence-electron chi connectivity index (χ0n) is 6.37. The summed E-state index contributed by atoms with van der Waals surface area (Å²) in [5, 5.41) is 10.9. The molecule has 1 aromatic carbocycles. The Balaban J connectivity index is 2.97. The van der Waals surface area contributed by atoms with Gasteiger partial charge in [0.05, 0.1) is 0 Å². The van der Waals surface area contributed by atoms with Gasteiger partial charge in [-0.1, -0.05) is 28.4 Å². The van der Waals surface area contributed by atoms with Crippen molar-refractivity contribution >= 4 is 34.2 Å². The number of Topliss-reactive ketones (excluding diaryl/α,β-unsaturated/α-hetero) is 1. The van der Waals surface area contributed by atoms with Gasteiger partial charge in [-0.15, -0.1) is 0 Å². The van der Waals surface area contributed by atoms with Crippen molar-refractivity contribution in [2.24, 2.45) is 5.16 Å². The molecule has 3 nitrogen and oxygen atoms in total. The Hall–Kier alpha value is -1.06. The molecule has 1 aromatic rings. The number of nitrogens with zero attached hydrogens (tertiary/aromatic N) is 1. The molecule has 0 saturated heterocycles. The third-order valence-corrected chi connectivity index (χ3v) is 1.88. The predicted molar refractivity (Wildman–Crippen MR) is 50.9 cm³/mol. The molecule has 1 N–H and O–H groups in total. The van der Waals surface area contributed by atoms with Crippen molar-refractivity contribution in [3.8, 4) is 0 Å². The van der Waals surface area contributed by atoms with E-state index in [0.717, 1.165) is 0 Å². The van der Waals surface area contributed by atoms with Crippen LogP contribution in [0.15, 0.2) is 29.4 Å². The largest absolute Gasteiger partial charge is 0.410 e. The van der Waals surface area contributed by atoms with Crippen LogP contribution in [0.1, 0.15) is 10.4 Å². The first-order chi connectivity index (χ1) is 6.15. The molecule has 0 fully saturated rings. The molecule has 0 aliphatic heterocycles. The van der Waals surface area contributed by atoms with Crippen molar-refractivity contribution in [1.82, 2.24) is 0 Å². The van der Waals surface area contributed by atoms with Crippen molar-refractivity contribution in [2.75, 3.05) is 0 Å². The quantitative estimate of drug-likeness (QED) is 0.359. The molecule has 0 spiro atoms. The summed E-state index contributed by atoms with van der Waals surface area (Å²) in [7, 11) is 0. The molecular weight excluding hydrogens is 213 g/mol. The van der Waals surface area contributed by atoms with Gasteiger partial charge in [0.2, 0.25) is 11.0 Å². The second kappa shape index (κ2) is 4.25. The van der Waals surface area contributed by atoms with Crippen LogP contribution in [0, 0.1) is 0 Å². The van der Waals surface area contributed by atoms with Crippen LogP contribution in [0.25, 0.3) is 0 Å². The van der Waals surface area contributed by atoms with Gasteiger partial charge in [-0.25, -0.2) is 0 Å². The molecule has 0 atom stereocenters. The number of hydrogen-bond acceptors (Lipinski definition) is 3. The molecule has 1 rings (SSSR count). The summed E-state index contributed by atoms with van der Waals surface area (Å²) in [6.45, 7) is 0. The standard InChI is InChI=1S/C8H5Cl2NO2/c9-6-3-1-5(2-4-6)7(12)8(10)11-13/h1-4,13H/b11-8+. The van der Waals surface area contributed by atoms with Gasteiger partial charge >= 0.3 is 0 Å². The Bertz CT molecular complexity index is 346. The minimum absolute atomic E-state index is 0.326. The van der Waals surface area contributed by atoms with Gasteiger partial charge in [0.1, 0.15) is 0 Å². The minimum Gasteiger partial charge on any atom is -0.410 e. The molecule has 0 aromatic heterocycles. The van der Waals surface area contributed by atoms with Crippen LogP contribution < -0.4 is 0 Å². The highest BCUT2D eigenvalue weighted by molar-refractivity contribution is 6.84. The van der Waals surface area contributed by atoms with Crippen LogP contribution in [0.5, 0.6) is 0 Å². The first kappa shape index (κ1) is 10.0. The normalized spacial score (nSPS) is 11.4. The number of ketones is 1. The first-order valence-corrected chi connectivity index (χ1v) is 4.08. The van der Waals surface area contributed by atoms with Crippen LogP contribution in [0.3, 0.4) is 0 Å². The zero-order chi connectivity index (χ0) is 9.84. The summed E-state index contributed by atoms with van der Waals surface area (Å²) in [5.74, 6) is -0.541. The molecule has 13 heavy (non-hydrogen) atoms. The smallest absolute Gasteiger partial charge is 0.226 e. The Labute approximate surface area is 84.6 Å². The Morgan fingerprint density at radius 1 is 1.31 bits per heavy atom. The van der Waals surface area contributed by atoms with Crippen LogP contribution in [0.2, 0.25) is 5.02 Å². The SMILES string of the molecule is O=C(/C(Cl)=N\O)c1ccc(Cl)cc1. The van der Waals surface area contributed by atoms with Gasteiger partial charge in [-0.2, -0.15) is 0 Å². The van der Waals surface area contributed by atoms with Crippen LogP contribution in [-0.4, -0.2) is 16.2 Å². The maximum atomic E-state index is 11.2. The van der Waals surface area contributed by atoms with E-state index in [9.17, 15) is 4.79 Å². The van der Waals surface area contributed by atoms with Crippen molar-refractivity contribution in [1.29, 1.82) is 0 Å². The van der Waals surface area contributed by atoms with Gasteiger partial charge in [-0.3, -0.25) is 4.79 Å². The highest BCUT2D eigenvalue weighted by atomic mass is 35.5. The summed E-state index contributed by atoms with van der Waals surface area (Å²) < 4.78 is 0. The summed E-state index contributed by atoms with van der Waals surface area (Å²) in [5.41, 5.74) is 0.326. The molecule has 0 heterocycles. The number of benzene rings is 1. The van der Waals surface area contributed by atoms with E-state index in [4.69, 9.17) is 28.4 Å².